The highest BCUT2D eigenvalue weighted by molar-refractivity contribution is 6.02. The van der Waals surface area contributed by atoms with Crippen LogP contribution in [0.5, 0.6) is 5.75 Å². The molecule has 5 heteroatoms. The second-order valence-corrected chi connectivity index (χ2v) is 6.68. The molecule has 1 amide bonds. The summed E-state index contributed by atoms with van der Waals surface area (Å²) < 4.78 is 13.0. The SMILES string of the molecule is CCCCc1c(-c2ccc(OC)cc2)c(C(N)=O)c(C)n1CCCOCC. The number of hydrogen-bond acceptors (Lipinski definition) is 3. The lowest BCUT2D eigenvalue weighted by Crippen LogP contribution is -2.13. The molecule has 2 aromatic rings. The maximum Gasteiger partial charge on any atom is 0.251 e. The Labute approximate surface area is 162 Å². The molecule has 0 aliphatic carbocycles. The van der Waals surface area contributed by atoms with E-state index in [4.69, 9.17) is 15.2 Å². The van der Waals surface area contributed by atoms with Crippen LogP contribution in [0, 0.1) is 6.92 Å². The van der Waals surface area contributed by atoms with Crippen molar-refractivity contribution in [3.8, 4) is 16.9 Å². The first-order chi connectivity index (χ1) is 13.0. The van der Waals surface area contributed by atoms with E-state index in [0.717, 1.165) is 61.4 Å². The maximum absolute atomic E-state index is 12.3. The summed E-state index contributed by atoms with van der Waals surface area (Å²) >= 11 is 0. The molecule has 148 valence electrons. The van der Waals surface area contributed by atoms with E-state index in [0.29, 0.717) is 12.2 Å². The lowest BCUT2D eigenvalue weighted by atomic mass is 9.97. The van der Waals surface area contributed by atoms with E-state index in [1.54, 1.807) is 7.11 Å². The smallest absolute Gasteiger partial charge is 0.251 e. The number of methoxy groups -OCH3 is 1. The molecular weight excluding hydrogens is 340 g/mol. The van der Waals surface area contributed by atoms with Crippen LogP contribution in [0.3, 0.4) is 0 Å². The van der Waals surface area contributed by atoms with Gasteiger partial charge in [-0.05, 0) is 50.8 Å². The van der Waals surface area contributed by atoms with E-state index < -0.39 is 0 Å². The number of rotatable bonds is 11. The van der Waals surface area contributed by atoms with Crippen LogP contribution in [0.1, 0.15) is 54.9 Å². The van der Waals surface area contributed by atoms with Gasteiger partial charge in [0.1, 0.15) is 5.75 Å². The van der Waals surface area contributed by atoms with E-state index in [2.05, 4.69) is 11.5 Å². The molecule has 0 fully saturated rings. The molecule has 0 bridgehead atoms. The second-order valence-electron chi connectivity index (χ2n) is 6.68. The Balaban J connectivity index is 2.54. The van der Waals surface area contributed by atoms with Crippen molar-refractivity contribution in [2.24, 2.45) is 5.73 Å². The Hall–Kier alpha value is -2.27. The molecule has 1 heterocycles. The summed E-state index contributed by atoms with van der Waals surface area (Å²) in [5.41, 5.74) is 10.5. The van der Waals surface area contributed by atoms with Crippen molar-refractivity contribution in [1.82, 2.24) is 4.57 Å². The number of ether oxygens (including phenoxy) is 2. The predicted octanol–water partition coefficient (Wildman–Crippen LogP) is 4.34. The fourth-order valence-electron chi connectivity index (χ4n) is 3.54. The zero-order valence-electron chi connectivity index (χ0n) is 17.0. The van der Waals surface area contributed by atoms with Crippen LogP contribution in [0.15, 0.2) is 24.3 Å². The molecular formula is C22H32N2O3. The molecule has 0 unspecified atom stereocenters. The number of nitrogens with zero attached hydrogens (tertiary/aromatic N) is 1. The quantitative estimate of drug-likeness (QED) is 0.597. The molecule has 0 saturated heterocycles. The fourth-order valence-corrected chi connectivity index (χ4v) is 3.54. The van der Waals surface area contributed by atoms with E-state index in [9.17, 15) is 4.79 Å². The average molecular weight is 373 g/mol. The highest BCUT2D eigenvalue weighted by atomic mass is 16.5. The monoisotopic (exact) mass is 372 g/mol. The fraction of sp³-hybridized carbons (Fsp3) is 0.500. The number of benzene rings is 1. The first-order valence-electron chi connectivity index (χ1n) is 9.79. The standard InChI is InChI=1S/C22H32N2O3/c1-5-7-9-19-21(17-10-12-18(26-4)13-11-17)20(22(23)25)16(3)24(19)14-8-15-27-6-2/h10-13H,5-9,14-15H2,1-4H3,(H2,23,25). The summed E-state index contributed by atoms with van der Waals surface area (Å²) in [6, 6.07) is 7.84. The van der Waals surface area contributed by atoms with Gasteiger partial charge in [-0.15, -0.1) is 0 Å². The Bertz CT molecular complexity index is 748. The number of nitrogens with two attached hydrogens (primary N) is 1. The summed E-state index contributed by atoms with van der Waals surface area (Å²) in [5, 5.41) is 0. The Morgan fingerprint density at radius 2 is 1.85 bits per heavy atom. The number of primary amides is 1. The van der Waals surface area contributed by atoms with Crippen LogP contribution in [0.25, 0.3) is 11.1 Å². The van der Waals surface area contributed by atoms with Gasteiger partial charge in [0, 0.05) is 36.7 Å². The molecule has 1 aromatic heterocycles. The minimum atomic E-state index is -0.375. The minimum Gasteiger partial charge on any atom is -0.497 e. The van der Waals surface area contributed by atoms with Gasteiger partial charge in [-0.2, -0.15) is 0 Å². The number of aromatic nitrogens is 1. The number of amides is 1. The highest BCUT2D eigenvalue weighted by Crippen LogP contribution is 2.35. The van der Waals surface area contributed by atoms with Gasteiger partial charge in [0.25, 0.3) is 5.91 Å². The van der Waals surface area contributed by atoms with Crippen LogP contribution in [0.4, 0.5) is 0 Å². The van der Waals surface area contributed by atoms with Gasteiger partial charge in [0.15, 0.2) is 0 Å². The van der Waals surface area contributed by atoms with Crippen LogP contribution >= 0.6 is 0 Å². The third-order valence-corrected chi connectivity index (χ3v) is 4.90. The van der Waals surface area contributed by atoms with Crippen LogP contribution in [0.2, 0.25) is 0 Å². The first-order valence-corrected chi connectivity index (χ1v) is 9.79. The molecule has 0 radical (unpaired) electrons. The third kappa shape index (κ3) is 4.92. The molecule has 0 spiro atoms. The van der Waals surface area contributed by atoms with Gasteiger partial charge in [-0.3, -0.25) is 4.79 Å². The van der Waals surface area contributed by atoms with E-state index in [1.165, 1.54) is 5.69 Å². The lowest BCUT2D eigenvalue weighted by Gasteiger charge is -2.13. The molecule has 2 rings (SSSR count). The van der Waals surface area contributed by atoms with Crippen molar-refractivity contribution in [1.29, 1.82) is 0 Å². The van der Waals surface area contributed by atoms with Gasteiger partial charge < -0.3 is 19.8 Å². The van der Waals surface area contributed by atoms with Gasteiger partial charge in [0.05, 0.1) is 12.7 Å². The van der Waals surface area contributed by atoms with Crippen LogP contribution < -0.4 is 10.5 Å². The zero-order chi connectivity index (χ0) is 19.8. The van der Waals surface area contributed by atoms with Gasteiger partial charge >= 0.3 is 0 Å². The molecule has 0 saturated carbocycles. The maximum atomic E-state index is 12.3. The predicted molar refractivity (Wildman–Crippen MR) is 109 cm³/mol. The van der Waals surface area contributed by atoms with Crippen molar-refractivity contribution >= 4 is 5.91 Å². The van der Waals surface area contributed by atoms with Crippen molar-refractivity contribution in [2.75, 3.05) is 20.3 Å². The molecule has 5 nitrogen and oxygen atoms in total. The van der Waals surface area contributed by atoms with Crippen molar-refractivity contribution in [3.63, 3.8) is 0 Å². The van der Waals surface area contributed by atoms with E-state index in [-0.39, 0.29) is 5.91 Å². The van der Waals surface area contributed by atoms with Gasteiger partial charge in [-0.25, -0.2) is 0 Å². The summed E-state index contributed by atoms with van der Waals surface area (Å²) in [4.78, 5) is 12.3. The number of carbonyl (C=O) groups is 1. The van der Waals surface area contributed by atoms with Gasteiger partial charge in [-0.1, -0.05) is 25.5 Å². The molecule has 0 atom stereocenters. The summed E-state index contributed by atoms with van der Waals surface area (Å²) in [6.07, 6.45) is 3.98. The van der Waals surface area contributed by atoms with Crippen LogP contribution in [-0.2, 0) is 17.7 Å². The van der Waals surface area contributed by atoms with Crippen molar-refractivity contribution in [3.05, 3.63) is 41.2 Å². The number of carbonyl (C=O) groups excluding carboxylic acids is 1. The second kappa shape index (κ2) is 10.2. The van der Waals surface area contributed by atoms with Crippen molar-refractivity contribution < 1.29 is 14.3 Å². The number of hydrogen-bond donors (Lipinski definition) is 1. The van der Waals surface area contributed by atoms with Crippen LogP contribution in [-0.4, -0.2) is 30.8 Å². The average Bonchev–Trinajstić information content (AvgIpc) is 2.95. The molecule has 0 aliphatic rings. The lowest BCUT2D eigenvalue weighted by molar-refractivity contribution is 0.1000. The number of unbranched alkanes of at least 4 members (excludes halogenated alkanes) is 1. The minimum absolute atomic E-state index is 0.375. The molecule has 0 aliphatic heterocycles. The molecule has 1 aromatic carbocycles. The normalized spacial score (nSPS) is 11.0. The summed E-state index contributed by atoms with van der Waals surface area (Å²) in [6.45, 7) is 8.42. The Kier molecular flexibility index (Phi) is 7.92. The molecule has 27 heavy (non-hydrogen) atoms. The molecule has 2 N–H and O–H groups in total. The van der Waals surface area contributed by atoms with Gasteiger partial charge in [0.2, 0.25) is 0 Å². The summed E-state index contributed by atoms with van der Waals surface area (Å²) in [5.74, 6) is 0.418. The third-order valence-electron chi connectivity index (χ3n) is 4.90. The largest absolute Gasteiger partial charge is 0.497 e. The topological polar surface area (TPSA) is 66.5 Å². The van der Waals surface area contributed by atoms with E-state index in [1.807, 2.05) is 38.1 Å². The highest BCUT2D eigenvalue weighted by Gasteiger charge is 2.24. The summed E-state index contributed by atoms with van der Waals surface area (Å²) in [7, 11) is 1.65. The Morgan fingerprint density at radius 3 is 2.41 bits per heavy atom. The first kappa shape index (κ1) is 21.0. The zero-order valence-corrected chi connectivity index (χ0v) is 17.0. The Morgan fingerprint density at radius 1 is 1.15 bits per heavy atom. The van der Waals surface area contributed by atoms with E-state index >= 15 is 0 Å². The van der Waals surface area contributed by atoms with Crippen molar-refractivity contribution in [2.45, 2.75) is 53.0 Å².